The van der Waals surface area contributed by atoms with Gasteiger partial charge in [0.25, 0.3) is 0 Å². The van der Waals surface area contributed by atoms with Crippen LogP contribution < -0.4 is 15.4 Å². The quantitative estimate of drug-likeness (QED) is 0.300. The van der Waals surface area contributed by atoms with Gasteiger partial charge in [0.15, 0.2) is 5.96 Å². The highest BCUT2D eigenvalue weighted by molar-refractivity contribution is 14.0. The van der Waals surface area contributed by atoms with Crippen LogP contribution in [0.25, 0.3) is 0 Å². The fourth-order valence-corrected chi connectivity index (χ4v) is 3.41. The van der Waals surface area contributed by atoms with E-state index in [0.717, 1.165) is 35.9 Å². The van der Waals surface area contributed by atoms with Crippen molar-refractivity contribution >= 4 is 29.9 Å². The minimum atomic E-state index is -0.247. The van der Waals surface area contributed by atoms with E-state index in [4.69, 9.17) is 9.73 Å². The molecule has 1 unspecified atom stereocenters. The standard InChI is InChI=1S/C24H39N5O.HI/c1-10-25-23(27-17(3)14-21-18(4)28-29(9)19(21)5)26-15-20-12-11-16(2)13-22(20)30-24(6,7)8;/h11-13,17H,10,14-15H2,1-9H3,(H2,25,26,27);1H. The first-order chi connectivity index (χ1) is 14.0. The lowest BCUT2D eigenvalue weighted by Gasteiger charge is -2.23. The van der Waals surface area contributed by atoms with E-state index in [1.54, 1.807) is 0 Å². The zero-order valence-electron chi connectivity index (χ0n) is 20.6. The van der Waals surface area contributed by atoms with Crippen LogP contribution in [-0.4, -0.2) is 33.9 Å². The highest BCUT2D eigenvalue weighted by Gasteiger charge is 2.16. The summed E-state index contributed by atoms with van der Waals surface area (Å²) in [6.07, 6.45) is 0.902. The Balaban J connectivity index is 0.00000480. The molecule has 0 fully saturated rings. The van der Waals surface area contributed by atoms with Crippen LogP contribution in [-0.2, 0) is 20.0 Å². The van der Waals surface area contributed by atoms with Gasteiger partial charge in [0, 0.05) is 30.9 Å². The molecule has 174 valence electrons. The summed E-state index contributed by atoms with van der Waals surface area (Å²) in [7, 11) is 1.99. The molecule has 1 atom stereocenters. The molecule has 2 rings (SSSR count). The third kappa shape index (κ3) is 8.35. The highest BCUT2D eigenvalue weighted by atomic mass is 127. The van der Waals surface area contributed by atoms with E-state index >= 15 is 0 Å². The predicted molar refractivity (Wildman–Crippen MR) is 141 cm³/mol. The van der Waals surface area contributed by atoms with Crippen LogP contribution >= 0.6 is 24.0 Å². The second-order valence-corrected chi connectivity index (χ2v) is 9.04. The molecule has 1 heterocycles. The molecule has 0 saturated carbocycles. The summed E-state index contributed by atoms with van der Waals surface area (Å²) < 4.78 is 8.12. The number of hydrogen-bond acceptors (Lipinski definition) is 3. The van der Waals surface area contributed by atoms with Crippen molar-refractivity contribution in [2.24, 2.45) is 12.0 Å². The molecule has 0 saturated heterocycles. The topological polar surface area (TPSA) is 63.5 Å². The van der Waals surface area contributed by atoms with Gasteiger partial charge in [0.2, 0.25) is 0 Å². The van der Waals surface area contributed by atoms with E-state index in [9.17, 15) is 0 Å². The number of benzene rings is 1. The number of aliphatic imine (C=N–C) groups is 1. The predicted octanol–water partition coefficient (Wildman–Crippen LogP) is 4.83. The van der Waals surface area contributed by atoms with Crippen LogP contribution in [0.4, 0.5) is 0 Å². The van der Waals surface area contributed by atoms with Gasteiger partial charge in [-0.05, 0) is 79.0 Å². The second kappa shape index (κ2) is 11.7. The highest BCUT2D eigenvalue weighted by Crippen LogP contribution is 2.25. The van der Waals surface area contributed by atoms with E-state index in [0.29, 0.717) is 6.54 Å². The van der Waals surface area contributed by atoms with Crippen LogP contribution in [0, 0.1) is 20.8 Å². The van der Waals surface area contributed by atoms with Crippen molar-refractivity contribution < 1.29 is 4.74 Å². The van der Waals surface area contributed by atoms with Gasteiger partial charge in [-0.25, -0.2) is 4.99 Å². The van der Waals surface area contributed by atoms with Crippen molar-refractivity contribution in [3.8, 4) is 5.75 Å². The Morgan fingerprint density at radius 2 is 1.90 bits per heavy atom. The van der Waals surface area contributed by atoms with Crippen molar-refractivity contribution in [2.45, 2.75) is 80.0 Å². The molecule has 0 bridgehead atoms. The Bertz CT molecular complexity index is 883. The molecule has 2 N–H and O–H groups in total. The summed E-state index contributed by atoms with van der Waals surface area (Å²) in [5.41, 5.74) is 5.62. The van der Waals surface area contributed by atoms with Gasteiger partial charge in [-0.1, -0.05) is 12.1 Å². The van der Waals surface area contributed by atoms with Crippen molar-refractivity contribution in [1.82, 2.24) is 20.4 Å². The van der Waals surface area contributed by atoms with Gasteiger partial charge in [-0.2, -0.15) is 5.10 Å². The number of aryl methyl sites for hydroxylation is 3. The fourth-order valence-electron chi connectivity index (χ4n) is 3.41. The zero-order chi connectivity index (χ0) is 22.5. The molecule has 1 aromatic carbocycles. The number of hydrogen-bond donors (Lipinski definition) is 2. The van der Waals surface area contributed by atoms with Gasteiger partial charge >= 0.3 is 0 Å². The number of guanidine groups is 1. The van der Waals surface area contributed by atoms with Crippen molar-refractivity contribution in [3.05, 3.63) is 46.3 Å². The van der Waals surface area contributed by atoms with Crippen molar-refractivity contribution in [2.75, 3.05) is 6.54 Å². The van der Waals surface area contributed by atoms with Gasteiger partial charge in [0.05, 0.1) is 12.2 Å². The molecular formula is C24H40IN5O. The molecule has 31 heavy (non-hydrogen) atoms. The Morgan fingerprint density at radius 1 is 1.23 bits per heavy atom. The molecule has 0 aliphatic carbocycles. The molecule has 0 aliphatic heterocycles. The fraction of sp³-hybridized carbons (Fsp3) is 0.583. The van der Waals surface area contributed by atoms with E-state index in [1.165, 1.54) is 16.8 Å². The monoisotopic (exact) mass is 541 g/mol. The smallest absolute Gasteiger partial charge is 0.191 e. The third-order valence-electron chi connectivity index (χ3n) is 4.94. The number of rotatable bonds is 7. The molecule has 0 spiro atoms. The minimum absolute atomic E-state index is 0. The summed E-state index contributed by atoms with van der Waals surface area (Å²) in [6, 6.07) is 6.53. The zero-order valence-corrected chi connectivity index (χ0v) is 22.9. The maximum absolute atomic E-state index is 6.18. The molecule has 0 aliphatic rings. The molecule has 2 aromatic rings. The summed E-state index contributed by atoms with van der Waals surface area (Å²) in [5.74, 6) is 1.71. The van der Waals surface area contributed by atoms with Crippen LogP contribution in [0.15, 0.2) is 23.2 Å². The molecular weight excluding hydrogens is 501 g/mol. The number of halogens is 1. The van der Waals surface area contributed by atoms with Crippen molar-refractivity contribution in [3.63, 3.8) is 0 Å². The van der Waals surface area contributed by atoms with Gasteiger partial charge in [-0.3, -0.25) is 4.68 Å². The first-order valence-electron chi connectivity index (χ1n) is 10.8. The minimum Gasteiger partial charge on any atom is -0.488 e. The first kappa shape index (κ1) is 27.3. The average molecular weight is 542 g/mol. The number of nitrogens with one attached hydrogen (secondary N) is 2. The van der Waals surface area contributed by atoms with E-state index in [2.05, 4.69) is 89.3 Å². The third-order valence-corrected chi connectivity index (χ3v) is 4.94. The first-order valence-corrected chi connectivity index (χ1v) is 10.8. The Morgan fingerprint density at radius 3 is 2.45 bits per heavy atom. The Hall–Kier alpha value is -1.77. The number of ether oxygens (including phenoxy) is 1. The summed E-state index contributed by atoms with van der Waals surface area (Å²) in [6.45, 7) is 18.1. The van der Waals surface area contributed by atoms with Gasteiger partial charge in [0.1, 0.15) is 11.4 Å². The van der Waals surface area contributed by atoms with Gasteiger partial charge in [-0.15, -0.1) is 24.0 Å². The molecule has 7 heteroatoms. The number of nitrogens with zero attached hydrogens (tertiary/aromatic N) is 3. The summed E-state index contributed by atoms with van der Waals surface area (Å²) >= 11 is 0. The molecule has 6 nitrogen and oxygen atoms in total. The average Bonchev–Trinajstić information content (AvgIpc) is 2.86. The summed E-state index contributed by atoms with van der Waals surface area (Å²) in [5, 5.41) is 11.4. The summed E-state index contributed by atoms with van der Waals surface area (Å²) in [4.78, 5) is 4.83. The SMILES string of the molecule is CCNC(=NCc1ccc(C)cc1OC(C)(C)C)NC(C)Cc1c(C)nn(C)c1C.I. The van der Waals surface area contributed by atoms with Crippen molar-refractivity contribution in [1.29, 1.82) is 0 Å². The molecule has 0 amide bonds. The Labute approximate surface area is 205 Å². The molecule has 0 radical (unpaired) electrons. The van der Waals surface area contributed by atoms with Crippen LogP contribution in [0.3, 0.4) is 0 Å². The lowest BCUT2D eigenvalue weighted by Crippen LogP contribution is -2.43. The van der Waals surface area contributed by atoms with Crippen LogP contribution in [0.1, 0.15) is 62.7 Å². The van der Waals surface area contributed by atoms with Crippen LogP contribution in [0.2, 0.25) is 0 Å². The number of aromatic nitrogens is 2. The largest absolute Gasteiger partial charge is 0.488 e. The van der Waals surface area contributed by atoms with Gasteiger partial charge < -0.3 is 15.4 Å². The van der Waals surface area contributed by atoms with E-state index in [1.807, 2.05) is 11.7 Å². The lowest BCUT2D eigenvalue weighted by molar-refractivity contribution is 0.129. The Kier molecular flexibility index (Phi) is 10.3. The molecule has 1 aromatic heterocycles. The van der Waals surface area contributed by atoms with E-state index in [-0.39, 0.29) is 35.6 Å². The van der Waals surface area contributed by atoms with Crippen LogP contribution in [0.5, 0.6) is 5.75 Å². The maximum Gasteiger partial charge on any atom is 0.191 e. The second-order valence-electron chi connectivity index (χ2n) is 9.04. The lowest BCUT2D eigenvalue weighted by atomic mass is 10.1. The normalized spacial score (nSPS) is 12.9. The maximum atomic E-state index is 6.18. The van der Waals surface area contributed by atoms with E-state index < -0.39 is 0 Å².